The molecule has 0 fully saturated rings. The Hall–Kier alpha value is -1.52. The average Bonchev–Trinajstić information content (AvgIpc) is 2.07. The maximum Gasteiger partial charge on any atom is 0.416 e. The first kappa shape index (κ1) is 10.6. The molecule has 1 amide bonds. The molecule has 0 saturated heterocycles. The summed E-state index contributed by atoms with van der Waals surface area (Å²) in [7, 11) is 0. The van der Waals surface area contributed by atoms with Crippen molar-refractivity contribution in [2.24, 2.45) is 0 Å². The van der Waals surface area contributed by atoms with E-state index in [4.69, 9.17) is 0 Å². The van der Waals surface area contributed by atoms with Crippen molar-refractivity contribution in [2.45, 2.75) is 13.1 Å². The molecule has 0 aliphatic carbocycles. The molecule has 0 aliphatic heterocycles. The summed E-state index contributed by atoms with van der Waals surface area (Å²) >= 11 is 0. The number of aryl methyl sites for hydroxylation is 1. The SMILES string of the molecule is Cc1cc(C(F)(F)F)ccc1NC=O. The van der Waals surface area contributed by atoms with Crippen molar-refractivity contribution in [1.29, 1.82) is 0 Å². The lowest BCUT2D eigenvalue weighted by molar-refractivity contribution is -0.137. The van der Waals surface area contributed by atoms with Crippen LogP contribution in [-0.4, -0.2) is 6.41 Å². The molecule has 0 saturated carbocycles. The van der Waals surface area contributed by atoms with Gasteiger partial charge in [0.15, 0.2) is 0 Å². The van der Waals surface area contributed by atoms with E-state index in [0.717, 1.165) is 12.1 Å². The maximum absolute atomic E-state index is 12.2. The third-order valence-corrected chi connectivity index (χ3v) is 1.77. The molecule has 0 aliphatic rings. The van der Waals surface area contributed by atoms with Gasteiger partial charge in [-0.25, -0.2) is 0 Å². The number of hydrogen-bond acceptors (Lipinski definition) is 1. The van der Waals surface area contributed by atoms with E-state index in [2.05, 4.69) is 5.32 Å². The number of anilines is 1. The lowest BCUT2D eigenvalue weighted by Crippen LogP contribution is -2.06. The van der Waals surface area contributed by atoms with Gasteiger partial charge >= 0.3 is 6.18 Å². The van der Waals surface area contributed by atoms with E-state index >= 15 is 0 Å². The van der Waals surface area contributed by atoms with Crippen molar-refractivity contribution in [2.75, 3.05) is 5.32 Å². The Morgan fingerprint density at radius 2 is 2.00 bits per heavy atom. The first-order chi connectivity index (χ1) is 6.45. The van der Waals surface area contributed by atoms with Crippen LogP contribution in [-0.2, 0) is 11.0 Å². The minimum absolute atomic E-state index is 0.381. The highest BCUT2D eigenvalue weighted by molar-refractivity contribution is 5.73. The van der Waals surface area contributed by atoms with Crippen LogP contribution in [0.5, 0.6) is 0 Å². The van der Waals surface area contributed by atoms with Crippen molar-refractivity contribution in [3.63, 3.8) is 0 Å². The number of halogens is 3. The molecule has 5 heteroatoms. The second-order valence-corrected chi connectivity index (χ2v) is 2.79. The van der Waals surface area contributed by atoms with Gasteiger partial charge in [0.2, 0.25) is 6.41 Å². The van der Waals surface area contributed by atoms with E-state index in [1.165, 1.54) is 13.0 Å². The van der Waals surface area contributed by atoms with E-state index in [-0.39, 0.29) is 0 Å². The highest BCUT2D eigenvalue weighted by atomic mass is 19.4. The zero-order chi connectivity index (χ0) is 10.8. The molecule has 0 radical (unpaired) electrons. The minimum atomic E-state index is -4.34. The van der Waals surface area contributed by atoms with Gasteiger partial charge in [0.1, 0.15) is 0 Å². The number of carbonyl (C=O) groups excluding carboxylic acids is 1. The van der Waals surface area contributed by atoms with E-state index in [0.29, 0.717) is 17.7 Å². The van der Waals surface area contributed by atoms with Crippen LogP contribution in [0.4, 0.5) is 18.9 Å². The van der Waals surface area contributed by atoms with E-state index in [9.17, 15) is 18.0 Å². The van der Waals surface area contributed by atoms with Crippen LogP contribution < -0.4 is 5.32 Å². The lowest BCUT2D eigenvalue weighted by Gasteiger charge is -2.09. The Morgan fingerprint density at radius 1 is 1.36 bits per heavy atom. The van der Waals surface area contributed by atoms with Gasteiger partial charge in [0.25, 0.3) is 0 Å². The van der Waals surface area contributed by atoms with Gasteiger partial charge in [-0.05, 0) is 30.7 Å². The van der Waals surface area contributed by atoms with Crippen LogP contribution in [0.25, 0.3) is 0 Å². The van der Waals surface area contributed by atoms with E-state index < -0.39 is 11.7 Å². The predicted molar refractivity (Wildman–Crippen MR) is 45.9 cm³/mol. The van der Waals surface area contributed by atoms with Crippen molar-refractivity contribution in [3.8, 4) is 0 Å². The summed E-state index contributed by atoms with van der Waals surface area (Å²) in [4.78, 5) is 10.1. The third kappa shape index (κ3) is 2.25. The quantitative estimate of drug-likeness (QED) is 0.735. The number of amides is 1. The second kappa shape index (κ2) is 3.69. The molecular formula is C9H8F3NO. The molecule has 1 N–H and O–H groups in total. The zero-order valence-electron chi connectivity index (χ0n) is 7.35. The average molecular weight is 203 g/mol. The van der Waals surface area contributed by atoms with Crippen molar-refractivity contribution >= 4 is 12.1 Å². The molecule has 0 bridgehead atoms. The van der Waals surface area contributed by atoms with Crippen LogP contribution in [0.2, 0.25) is 0 Å². The van der Waals surface area contributed by atoms with Gasteiger partial charge in [0, 0.05) is 5.69 Å². The number of carbonyl (C=O) groups is 1. The highest BCUT2D eigenvalue weighted by Crippen LogP contribution is 2.31. The standard InChI is InChI=1S/C9H8F3NO/c1-6-4-7(9(10,11)12)2-3-8(6)13-5-14/h2-5H,1H3,(H,13,14). The molecule has 1 rings (SSSR count). The summed E-state index contributed by atoms with van der Waals surface area (Å²) in [5, 5.41) is 2.31. The summed E-state index contributed by atoms with van der Waals surface area (Å²) in [6, 6.07) is 3.15. The fraction of sp³-hybridized carbons (Fsp3) is 0.222. The molecule has 1 aromatic rings. The Labute approximate surface area is 78.7 Å². The van der Waals surface area contributed by atoms with Gasteiger partial charge in [-0.15, -0.1) is 0 Å². The Balaban J connectivity index is 3.06. The van der Waals surface area contributed by atoms with Crippen LogP contribution in [0.15, 0.2) is 18.2 Å². The Kier molecular flexibility index (Phi) is 2.78. The first-order valence-corrected chi connectivity index (χ1v) is 3.83. The topological polar surface area (TPSA) is 29.1 Å². The zero-order valence-corrected chi connectivity index (χ0v) is 7.35. The van der Waals surface area contributed by atoms with Gasteiger partial charge in [-0.2, -0.15) is 13.2 Å². The number of rotatable bonds is 2. The van der Waals surface area contributed by atoms with Gasteiger partial charge in [0.05, 0.1) is 5.56 Å². The lowest BCUT2D eigenvalue weighted by atomic mass is 10.1. The molecular weight excluding hydrogens is 195 g/mol. The number of hydrogen-bond donors (Lipinski definition) is 1. The fourth-order valence-electron chi connectivity index (χ4n) is 1.07. The van der Waals surface area contributed by atoms with Crippen LogP contribution in [0.3, 0.4) is 0 Å². The smallest absolute Gasteiger partial charge is 0.328 e. The molecule has 0 aromatic heterocycles. The maximum atomic E-state index is 12.2. The molecule has 14 heavy (non-hydrogen) atoms. The molecule has 76 valence electrons. The molecule has 1 aromatic carbocycles. The Bertz CT molecular complexity index is 346. The van der Waals surface area contributed by atoms with E-state index in [1.54, 1.807) is 0 Å². The number of alkyl halides is 3. The summed E-state index contributed by atoms with van der Waals surface area (Å²) < 4.78 is 36.6. The van der Waals surface area contributed by atoms with Gasteiger partial charge in [-0.3, -0.25) is 4.79 Å². The number of nitrogens with one attached hydrogen (secondary N) is 1. The summed E-state index contributed by atoms with van der Waals surface area (Å²) in [5.74, 6) is 0. The summed E-state index contributed by atoms with van der Waals surface area (Å²) in [6.07, 6.45) is -3.92. The van der Waals surface area contributed by atoms with Crippen LogP contribution in [0, 0.1) is 6.92 Å². The molecule has 0 unspecified atom stereocenters. The summed E-state index contributed by atoms with van der Waals surface area (Å²) in [5.41, 5.74) is 0.0476. The minimum Gasteiger partial charge on any atom is -0.328 e. The van der Waals surface area contributed by atoms with Crippen molar-refractivity contribution in [3.05, 3.63) is 29.3 Å². The first-order valence-electron chi connectivity index (χ1n) is 3.83. The van der Waals surface area contributed by atoms with E-state index in [1.807, 2.05) is 0 Å². The third-order valence-electron chi connectivity index (χ3n) is 1.77. The van der Waals surface area contributed by atoms with Gasteiger partial charge in [-0.1, -0.05) is 0 Å². The van der Waals surface area contributed by atoms with Crippen molar-refractivity contribution in [1.82, 2.24) is 0 Å². The monoisotopic (exact) mass is 203 g/mol. The molecule has 2 nitrogen and oxygen atoms in total. The van der Waals surface area contributed by atoms with Gasteiger partial charge < -0.3 is 5.32 Å². The van der Waals surface area contributed by atoms with Crippen LogP contribution in [0.1, 0.15) is 11.1 Å². The molecule has 0 atom stereocenters. The Morgan fingerprint density at radius 3 is 2.43 bits per heavy atom. The molecule has 0 spiro atoms. The molecule has 0 heterocycles. The number of benzene rings is 1. The predicted octanol–water partition coefficient (Wildman–Crippen LogP) is 2.58. The fourth-order valence-corrected chi connectivity index (χ4v) is 1.07. The van der Waals surface area contributed by atoms with Crippen LogP contribution >= 0.6 is 0 Å². The van der Waals surface area contributed by atoms with Crippen molar-refractivity contribution < 1.29 is 18.0 Å². The normalized spacial score (nSPS) is 11.1. The second-order valence-electron chi connectivity index (χ2n) is 2.79. The highest BCUT2D eigenvalue weighted by Gasteiger charge is 2.30. The largest absolute Gasteiger partial charge is 0.416 e. The summed E-state index contributed by atoms with van der Waals surface area (Å²) in [6.45, 7) is 1.50.